The van der Waals surface area contributed by atoms with Crippen LogP contribution in [0, 0.1) is 0 Å². The molecule has 0 radical (unpaired) electrons. The lowest BCUT2D eigenvalue weighted by Crippen LogP contribution is -2.45. The molecule has 1 aliphatic heterocycles. The molecule has 1 heterocycles. The molecule has 10 nitrogen and oxygen atoms in total. The summed E-state index contributed by atoms with van der Waals surface area (Å²) in [6, 6.07) is 14.8. The number of esters is 1. The van der Waals surface area contributed by atoms with Gasteiger partial charge in [0, 0.05) is 11.3 Å². The number of nitrogens with one attached hydrogen (secondary N) is 3. The fraction of sp³-hybridized carbons (Fsp3) is 0.226. The number of thiocarbonyl (C=S) groups is 1. The third kappa shape index (κ3) is 8.79. The van der Waals surface area contributed by atoms with Gasteiger partial charge < -0.3 is 29.6 Å². The highest BCUT2D eigenvalue weighted by molar-refractivity contribution is 7.80. The molecular weight excluding hydrogens is 663 g/mol. The number of carbonyl (C=O) groups excluding carboxylic acids is 2. The van der Waals surface area contributed by atoms with Crippen LogP contribution in [0.1, 0.15) is 36.6 Å². The van der Waals surface area contributed by atoms with Crippen molar-refractivity contribution in [1.29, 1.82) is 0 Å². The Kier molecular flexibility index (Phi) is 11.9. The Bertz CT molecular complexity index is 1670. The van der Waals surface area contributed by atoms with Gasteiger partial charge in [0.15, 0.2) is 23.2 Å². The minimum absolute atomic E-state index is 0.181. The molecule has 0 aliphatic carbocycles. The number of methoxy groups -OCH3 is 1. The molecule has 1 amide bonds. The van der Waals surface area contributed by atoms with Gasteiger partial charge >= 0.3 is 5.97 Å². The van der Waals surface area contributed by atoms with Crippen LogP contribution in [0.3, 0.4) is 0 Å². The highest BCUT2D eigenvalue weighted by Crippen LogP contribution is 2.37. The van der Waals surface area contributed by atoms with E-state index in [1.54, 1.807) is 68.4 Å². The van der Waals surface area contributed by atoms with Gasteiger partial charge in [0.25, 0.3) is 5.91 Å². The van der Waals surface area contributed by atoms with Crippen molar-refractivity contribution < 1.29 is 28.5 Å². The predicted molar refractivity (Wildman–Crippen MR) is 177 cm³/mol. The van der Waals surface area contributed by atoms with E-state index < -0.39 is 17.9 Å². The van der Waals surface area contributed by atoms with Crippen LogP contribution < -0.4 is 30.3 Å². The topological polar surface area (TPSA) is 120 Å². The normalized spacial score (nSPS) is 14.4. The van der Waals surface area contributed by atoms with E-state index in [2.05, 4.69) is 21.2 Å². The highest BCUT2D eigenvalue weighted by Gasteiger charge is 2.32. The van der Waals surface area contributed by atoms with E-state index in [0.717, 1.165) is 5.56 Å². The van der Waals surface area contributed by atoms with Crippen LogP contribution in [0.15, 0.2) is 71.0 Å². The number of nitrogens with zero attached hydrogens (tertiary/aromatic N) is 1. The summed E-state index contributed by atoms with van der Waals surface area (Å²) in [7, 11) is 1.48. The summed E-state index contributed by atoms with van der Waals surface area (Å²) in [6.45, 7) is 3.50. The first kappa shape index (κ1) is 33.9. The lowest BCUT2D eigenvalue weighted by atomic mass is 9.95. The Hall–Kier alpha value is -4.03. The highest BCUT2D eigenvalue weighted by atomic mass is 35.5. The van der Waals surface area contributed by atoms with Gasteiger partial charge in [-0.1, -0.05) is 59.1 Å². The molecule has 3 aromatic carbocycles. The minimum Gasteiger partial charge on any atom is -0.493 e. The van der Waals surface area contributed by atoms with Gasteiger partial charge in [-0.2, -0.15) is 5.10 Å². The molecule has 45 heavy (non-hydrogen) atoms. The molecule has 0 spiro atoms. The summed E-state index contributed by atoms with van der Waals surface area (Å²) in [5.74, 6) is 0.0619. The van der Waals surface area contributed by atoms with E-state index in [1.165, 1.54) is 13.3 Å². The Morgan fingerprint density at radius 3 is 2.53 bits per heavy atom. The molecule has 0 aromatic heterocycles. The lowest BCUT2D eigenvalue weighted by molar-refractivity contribution is -0.139. The number of carbonyl (C=O) groups is 2. The number of allylic oxidation sites excluding steroid dienone is 1. The van der Waals surface area contributed by atoms with Gasteiger partial charge in [-0.15, -0.1) is 0 Å². The lowest BCUT2D eigenvalue weighted by Gasteiger charge is -2.30. The first-order valence-electron chi connectivity index (χ1n) is 13.5. The quantitative estimate of drug-likeness (QED) is 0.0894. The molecule has 14 heteroatoms. The van der Waals surface area contributed by atoms with Crippen molar-refractivity contribution in [2.75, 3.05) is 20.3 Å². The van der Waals surface area contributed by atoms with Crippen molar-refractivity contribution in [3.05, 3.63) is 97.6 Å². The summed E-state index contributed by atoms with van der Waals surface area (Å²) in [5, 5.41) is 11.5. The zero-order valence-corrected chi connectivity index (χ0v) is 27.5. The van der Waals surface area contributed by atoms with E-state index in [1.807, 2.05) is 0 Å². The molecule has 1 aliphatic rings. The second kappa shape index (κ2) is 15.8. The van der Waals surface area contributed by atoms with Crippen LogP contribution in [0.5, 0.6) is 17.2 Å². The van der Waals surface area contributed by atoms with Crippen molar-refractivity contribution >= 4 is 70.2 Å². The van der Waals surface area contributed by atoms with Crippen molar-refractivity contribution in [3.63, 3.8) is 0 Å². The first-order valence-corrected chi connectivity index (χ1v) is 15.1. The van der Waals surface area contributed by atoms with Gasteiger partial charge in [0.1, 0.15) is 12.4 Å². The Morgan fingerprint density at radius 1 is 1.02 bits per heavy atom. The number of hydrogen-bond donors (Lipinski definition) is 3. The van der Waals surface area contributed by atoms with Crippen molar-refractivity contribution in [3.8, 4) is 17.2 Å². The number of hydrazone groups is 1. The van der Waals surface area contributed by atoms with E-state index in [4.69, 9.17) is 66.0 Å². The number of amides is 1. The SMILES string of the molecule is CCOC(=O)C1=C(C)NC(=S)N[C@H]1c1ccccc1OCC(=O)NN=Cc1cc(Cl)c(OCc2ccc(Cl)c(Cl)c2)c(OC)c1. The van der Waals surface area contributed by atoms with Crippen LogP contribution in [0.25, 0.3) is 0 Å². The van der Waals surface area contributed by atoms with Crippen LogP contribution >= 0.6 is 47.0 Å². The fourth-order valence-corrected chi connectivity index (χ4v) is 5.22. The van der Waals surface area contributed by atoms with Crippen molar-refractivity contribution in [2.45, 2.75) is 26.5 Å². The smallest absolute Gasteiger partial charge is 0.338 e. The maximum atomic E-state index is 12.7. The zero-order chi connectivity index (χ0) is 32.5. The monoisotopic (exact) mass is 690 g/mol. The molecule has 1 atom stereocenters. The van der Waals surface area contributed by atoms with Crippen LogP contribution in [0.4, 0.5) is 0 Å². The van der Waals surface area contributed by atoms with E-state index in [0.29, 0.717) is 54.8 Å². The average molecular weight is 692 g/mol. The van der Waals surface area contributed by atoms with Crippen LogP contribution in [-0.4, -0.2) is 43.5 Å². The minimum atomic E-state index is -0.647. The second-order valence-corrected chi connectivity index (χ2v) is 11.1. The number of ether oxygens (including phenoxy) is 4. The molecule has 3 aromatic rings. The Labute approximate surface area is 280 Å². The third-order valence-corrected chi connectivity index (χ3v) is 7.61. The van der Waals surface area contributed by atoms with Crippen molar-refractivity contribution in [1.82, 2.24) is 16.1 Å². The maximum Gasteiger partial charge on any atom is 0.338 e. The van der Waals surface area contributed by atoms with Gasteiger partial charge in [-0.25, -0.2) is 10.2 Å². The number of para-hydroxylation sites is 1. The summed E-state index contributed by atoms with van der Waals surface area (Å²) >= 11 is 23.8. The Morgan fingerprint density at radius 2 is 1.80 bits per heavy atom. The largest absolute Gasteiger partial charge is 0.493 e. The van der Waals surface area contributed by atoms with Crippen LogP contribution in [0.2, 0.25) is 15.1 Å². The summed E-state index contributed by atoms with van der Waals surface area (Å²) in [6.07, 6.45) is 1.40. The standard InChI is InChI=1S/C31H29Cl3N4O6S/c1-4-42-30(40)27-17(2)36-31(45)37-28(27)20-7-5-6-8-24(20)43-16-26(39)38-35-14-19-12-23(34)29(25(13-19)41-3)44-15-18-9-10-21(32)22(33)11-18/h5-14,28H,4,15-16H2,1-3H3,(H,38,39)(H2,36,37,45)/t28-/m0/s1. The molecule has 236 valence electrons. The van der Waals surface area contributed by atoms with E-state index >= 15 is 0 Å². The molecule has 0 fully saturated rings. The van der Waals surface area contributed by atoms with E-state index in [-0.39, 0.29) is 24.8 Å². The number of rotatable bonds is 12. The van der Waals surface area contributed by atoms with Gasteiger partial charge in [-0.3, -0.25) is 4.79 Å². The van der Waals surface area contributed by atoms with Crippen molar-refractivity contribution in [2.24, 2.45) is 5.10 Å². The first-order chi connectivity index (χ1) is 21.6. The maximum absolute atomic E-state index is 12.7. The van der Waals surface area contributed by atoms with Gasteiger partial charge in [-0.05, 0) is 67.5 Å². The zero-order valence-electron chi connectivity index (χ0n) is 24.4. The number of hydrogen-bond acceptors (Lipinski definition) is 8. The summed E-state index contributed by atoms with van der Waals surface area (Å²) in [5.41, 5.74) is 5.28. The molecule has 3 N–H and O–H groups in total. The molecule has 0 unspecified atom stereocenters. The number of benzene rings is 3. The molecule has 0 bridgehead atoms. The molecule has 4 rings (SSSR count). The van der Waals surface area contributed by atoms with Gasteiger partial charge in [0.05, 0.1) is 46.6 Å². The third-order valence-electron chi connectivity index (χ3n) is 6.38. The van der Waals surface area contributed by atoms with Gasteiger partial charge in [0.2, 0.25) is 0 Å². The second-order valence-electron chi connectivity index (χ2n) is 9.48. The Balaban J connectivity index is 1.39. The van der Waals surface area contributed by atoms with E-state index in [9.17, 15) is 9.59 Å². The number of halogens is 3. The molecule has 0 saturated carbocycles. The molecule has 0 saturated heterocycles. The average Bonchev–Trinajstić information content (AvgIpc) is 3.00. The summed E-state index contributed by atoms with van der Waals surface area (Å²) in [4.78, 5) is 25.3. The van der Waals surface area contributed by atoms with Crippen LogP contribution in [-0.2, 0) is 20.9 Å². The summed E-state index contributed by atoms with van der Waals surface area (Å²) < 4.78 is 22.4. The predicted octanol–water partition coefficient (Wildman–Crippen LogP) is 6.12. The molecular formula is C31H29Cl3N4O6S. The fourth-order valence-electron chi connectivity index (χ4n) is 4.35.